The molecule has 0 saturated carbocycles. The van der Waals surface area contributed by atoms with Crippen LogP contribution in [0.2, 0.25) is 45.3 Å². The summed E-state index contributed by atoms with van der Waals surface area (Å²) in [5.41, 5.74) is 0. The minimum atomic E-state index is -1.64. The highest BCUT2D eigenvalue weighted by molar-refractivity contribution is 6.71. The van der Waals surface area contributed by atoms with E-state index < -0.39 is 28.7 Å². The van der Waals surface area contributed by atoms with Gasteiger partial charge in [-0.2, -0.15) is 0 Å². The van der Waals surface area contributed by atoms with E-state index in [2.05, 4.69) is 39.3 Å². The van der Waals surface area contributed by atoms with Gasteiger partial charge in [0.15, 0.2) is 16.6 Å². The summed E-state index contributed by atoms with van der Waals surface area (Å²) in [5.74, 6) is -0.562. The average Bonchev–Trinajstić information content (AvgIpc) is 2.45. The molecule has 0 rings (SSSR count). The Balaban J connectivity index is 3.94. The molecular formula is C17H36O6Si3. The van der Waals surface area contributed by atoms with Gasteiger partial charge < -0.3 is 23.4 Å². The summed E-state index contributed by atoms with van der Waals surface area (Å²) in [7, 11) is -2.70. The zero-order valence-corrected chi connectivity index (χ0v) is 20.3. The minimum absolute atomic E-state index is 0.0545. The molecule has 0 aromatic rings. The number of esters is 1. The van der Waals surface area contributed by atoms with Crippen LogP contribution in [0, 0.1) is 0 Å². The Labute approximate surface area is 163 Å². The van der Waals surface area contributed by atoms with Crippen LogP contribution in [0.5, 0.6) is 0 Å². The number of aliphatic hydroxyl groups excluding tert-OH is 1. The first-order valence-corrected chi connectivity index (χ1v) is 17.2. The highest BCUT2D eigenvalue weighted by Gasteiger charge is 2.26. The molecule has 2 radical (unpaired) electrons. The lowest BCUT2D eigenvalue weighted by Crippen LogP contribution is -2.43. The van der Waals surface area contributed by atoms with Crippen LogP contribution in [0.25, 0.3) is 0 Å². The molecule has 9 heteroatoms. The summed E-state index contributed by atoms with van der Waals surface area (Å²) in [6.07, 6.45) is 2.99. The lowest BCUT2D eigenvalue weighted by molar-refractivity contribution is -0.141. The molecule has 0 aliphatic heterocycles. The summed E-state index contributed by atoms with van der Waals surface area (Å²) in [5, 5.41) is 9.71. The first-order chi connectivity index (χ1) is 11.9. The topological polar surface area (TPSA) is 74.2 Å². The second-order valence-corrected chi connectivity index (χ2v) is 18.3. The predicted molar refractivity (Wildman–Crippen MR) is 110 cm³/mol. The molecule has 0 aliphatic rings. The van der Waals surface area contributed by atoms with Crippen LogP contribution in [0.15, 0.2) is 12.2 Å². The van der Waals surface area contributed by atoms with E-state index in [1.807, 2.05) is 0 Å². The van der Waals surface area contributed by atoms with Crippen molar-refractivity contribution in [3.8, 4) is 0 Å². The van der Waals surface area contributed by atoms with E-state index in [1.54, 1.807) is 13.0 Å². The predicted octanol–water partition coefficient (Wildman–Crippen LogP) is 2.98. The smallest absolute Gasteiger partial charge is 0.330 e. The maximum atomic E-state index is 11.1. The second-order valence-electron chi connectivity index (χ2n) is 7.96. The summed E-state index contributed by atoms with van der Waals surface area (Å²) in [6, 6.07) is 0.964. The van der Waals surface area contributed by atoms with Gasteiger partial charge in [0.05, 0.1) is 6.61 Å². The molecule has 1 atom stereocenters. The second kappa shape index (κ2) is 13.0. The van der Waals surface area contributed by atoms with Gasteiger partial charge in [-0.3, -0.25) is 0 Å². The Hall–Kier alpha value is -0.299. The number of carbonyl (C=O) groups excluding carboxylic acids is 1. The molecular weight excluding hydrogens is 384 g/mol. The van der Waals surface area contributed by atoms with Crippen molar-refractivity contribution in [1.29, 1.82) is 0 Å². The third kappa shape index (κ3) is 17.1. The highest BCUT2D eigenvalue weighted by Crippen LogP contribution is 2.14. The van der Waals surface area contributed by atoms with Crippen molar-refractivity contribution in [3.05, 3.63) is 12.2 Å². The lowest BCUT2D eigenvalue weighted by Gasteiger charge is -2.31. The Kier molecular flexibility index (Phi) is 12.8. The standard InChI is InChI=1S/C17H36O6Si3/c1-8-10-16(19)21-14-15(18)13-20-11-9-12-24-17(22-25(2,3)4)23-26(5,6)7/h8,10,15,17-18H,9,11-14H2,1-7H3. The molecule has 1 N–H and O–H groups in total. The van der Waals surface area contributed by atoms with Crippen LogP contribution in [0.3, 0.4) is 0 Å². The number of rotatable bonds is 14. The maximum Gasteiger partial charge on any atom is 0.330 e. The van der Waals surface area contributed by atoms with Crippen LogP contribution < -0.4 is 0 Å². The van der Waals surface area contributed by atoms with Gasteiger partial charge in [-0.25, -0.2) is 4.79 Å². The zero-order chi connectivity index (χ0) is 20.2. The van der Waals surface area contributed by atoms with Crippen molar-refractivity contribution in [3.63, 3.8) is 0 Å². The monoisotopic (exact) mass is 420 g/mol. The Bertz CT molecular complexity index is 402. The van der Waals surface area contributed by atoms with Gasteiger partial charge in [0, 0.05) is 12.7 Å². The van der Waals surface area contributed by atoms with Crippen molar-refractivity contribution in [2.75, 3.05) is 19.8 Å². The molecule has 152 valence electrons. The maximum absolute atomic E-state index is 11.1. The third-order valence-electron chi connectivity index (χ3n) is 2.73. The number of carbonyl (C=O) groups is 1. The van der Waals surface area contributed by atoms with Crippen molar-refractivity contribution in [1.82, 2.24) is 0 Å². The first-order valence-electron chi connectivity index (χ1n) is 9.07. The van der Waals surface area contributed by atoms with E-state index in [9.17, 15) is 9.90 Å². The molecule has 0 fully saturated rings. The van der Waals surface area contributed by atoms with Crippen molar-refractivity contribution >= 4 is 32.1 Å². The van der Waals surface area contributed by atoms with E-state index in [0.29, 0.717) is 16.1 Å². The van der Waals surface area contributed by atoms with Crippen LogP contribution in [0.4, 0.5) is 0 Å². The lowest BCUT2D eigenvalue weighted by atomic mass is 10.4. The van der Waals surface area contributed by atoms with E-state index in [4.69, 9.17) is 18.3 Å². The van der Waals surface area contributed by atoms with E-state index >= 15 is 0 Å². The van der Waals surface area contributed by atoms with Gasteiger partial charge in [0.2, 0.25) is 0 Å². The van der Waals surface area contributed by atoms with Crippen LogP contribution in [0.1, 0.15) is 13.3 Å². The number of hydrogen-bond acceptors (Lipinski definition) is 6. The van der Waals surface area contributed by atoms with Crippen molar-refractivity contribution in [2.24, 2.45) is 0 Å². The van der Waals surface area contributed by atoms with Gasteiger partial charge in [-0.05, 0) is 52.6 Å². The van der Waals surface area contributed by atoms with Crippen LogP contribution in [-0.2, 0) is 23.1 Å². The number of ether oxygens (including phenoxy) is 2. The zero-order valence-electron chi connectivity index (χ0n) is 17.3. The van der Waals surface area contributed by atoms with Gasteiger partial charge in [-0.1, -0.05) is 12.1 Å². The SMILES string of the molecule is CC=CC(=O)OCC(O)COCCC[Si]C(O[Si](C)(C)C)O[Si](C)(C)C. The normalized spacial score (nSPS) is 14.2. The number of allylic oxidation sites excluding steroid dienone is 1. The Morgan fingerprint density at radius 1 is 1.08 bits per heavy atom. The van der Waals surface area contributed by atoms with Gasteiger partial charge in [0.1, 0.15) is 28.1 Å². The summed E-state index contributed by atoms with van der Waals surface area (Å²) < 4.78 is 22.6. The van der Waals surface area contributed by atoms with Gasteiger partial charge in [0.25, 0.3) is 0 Å². The average molecular weight is 421 g/mol. The summed E-state index contributed by atoms with van der Waals surface area (Å²) in [6.45, 7) is 15.4. The van der Waals surface area contributed by atoms with Gasteiger partial charge >= 0.3 is 5.97 Å². The first kappa shape index (κ1) is 25.7. The molecule has 0 amide bonds. The molecule has 0 bridgehead atoms. The fourth-order valence-electron chi connectivity index (χ4n) is 1.77. The molecule has 0 saturated heterocycles. The quantitative estimate of drug-likeness (QED) is 0.153. The minimum Gasteiger partial charge on any atom is -0.460 e. The fraction of sp³-hybridized carbons (Fsp3) is 0.824. The van der Waals surface area contributed by atoms with Gasteiger partial charge in [-0.15, -0.1) is 0 Å². The van der Waals surface area contributed by atoms with Crippen LogP contribution >= 0.6 is 0 Å². The molecule has 6 nitrogen and oxygen atoms in total. The molecule has 0 heterocycles. The third-order valence-corrected chi connectivity index (χ3v) is 6.25. The van der Waals surface area contributed by atoms with E-state index in [0.717, 1.165) is 12.5 Å². The van der Waals surface area contributed by atoms with E-state index in [1.165, 1.54) is 6.08 Å². The Morgan fingerprint density at radius 2 is 1.65 bits per heavy atom. The Morgan fingerprint density at radius 3 is 2.15 bits per heavy atom. The molecule has 1 unspecified atom stereocenters. The molecule has 26 heavy (non-hydrogen) atoms. The highest BCUT2D eigenvalue weighted by atomic mass is 28.4. The summed E-state index contributed by atoms with van der Waals surface area (Å²) >= 11 is 0. The molecule has 0 aromatic heterocycles. The molecule has 0 spiro atoms. The molecule has 0 aliphatic carbocycles. The van der Waals surface area contributed by atoms with Crippen molar-refractivity contribution in [2.45, 2.75) is 70.7 Å². The number of aliphatic hydroxyl groups is 1. The summed E-state index contributed by atoms with van der Waals surface area (Å²) in [4.78, 5) is 11.1. The molecule has 0 aromatic carbocycles. The fourth-order valence-corrected chi connectivity index (χ4v) is 6.62. The largest absolute Gasteiger partial charge is 0.460 e. The van der Waals surface area contributed by atoms with Crippen molar-refractivity contribution < 1.29 is 28.2 Å². The van der Waals surface area contributed by atoms with Crippen LogP contribution in [-0.4, -0.2) is 69.1 Å². The number of hydrogen-bond donors (Lipinski definition) is 1. The van der Waals surface area contributed by atoms with E-state index in [-0.39, 0.29) is 19.1 Å².